The topological polar surface area (TPSA) is 55.0 Å². The van der Waals surface area contributed by atoms with Gasteiger partial charge in [-0.25, -0.2) is 3.11 Å². The number of nitrogens with two attached hydrogens (primary N) is 1. The fourth-order valence-corrected chi connectivity index (χ4v) is 1.20. The standard InChI is InChI=1S/C7H11IN4/c1-5(12(2)8)6-3-4-10-11-7(6)9/h3-5H,1-2H3,(H2,9,11). The van der Waals surface area contributed by atoms with Gasteiger partial charge in [0.05, 0.1) is 6.20 Å². The van der Waals surface area contributed by atoms with Gasteiger partial charge < -0.3 is 5.73 Å². The summed E-state index contributed by atoms with van der Waals surface area (Å²) < 4.78 is 2.05. The maximum Gasteiger partial charge on any atom is 0.150 e. The number of hydrogen-bond donors (Lipinski definition) is 1. The number of nitrogens with zero attached hydrogens (tertiary/aromatic N) is 3. The van der Waals surface area contributed by atoms with Gasteiger partial charge in [-0.05, 0) is 20.0 Å². The van der Waals surface area contributed by atoms with Crippen molar-refractivity contribution in [1.29, 1.82) is 0 Å². The Morgan fingerprint density at radius 1 is 1.67 bits per heavy atom. The summed E-state index contributed by atoms with van der Waals surface area (Å²) >= 11 is 2.22. The second-order valence-electron chi connectivity index (χ2n) is 2.57. The molecule has 0 spiro atoms. The third-order valence-corrected chi connectivity index (χ3v) is 2.60. The monoisotopic (exact) mass is 278 g/mol. The van der Waals surface area contributed by atoms with Gasteiger partial charge in [0.2, 0.25) is 0 Å². The Balaban J connectivity index is 2.94. The van der Waals surface area contributed by atoms with Crippen LogP contribution in [0.3, 0.4) is 0 Å². The molecule has 0 aromatic carbocycles. The van der Waals surface area contributed by atoms with Crippen LogP contribution in [-0.2, 0) is 0 Å². The third-order valence-electron chi connectivity index (χ3n) is 1.77. The maximum absolute atomic E-state index is 5.66. The summed E-state index contributed by atoms with van der Waals surface area (Å²) in [6, 6.07) is 2.16. The van der Waals surface area contributed by atoms with Crippen LogP contribution in [-0.4, -0.2) is 20.4 Å². The Labute approximate surface area is 85.7 Å². The van der Waals surface area contributed by atoms with E-state index in [1.807, 2.05) is 16.2 Å². The maximum atomic E-state index is 5.66. The van der Waals surface area contributed by atoms with Crippen LogP contribution in [0.25, 0.3) is 0 Å². The number of halogens is 1. The quantitative estimate of drug-likeness (QED) is 0.656. The van der Waals surface area contributed by atoms with E-state index < -0.39 is 0 Å². The minimum atomic E-state index is 0.265. The average Bonchev–Trinajstić information content (AvgIpc) is 2.04. The van der Waals surface area contributed by atoms with Crippen LogP contribution < -0.4 is 5.73 Å². The molecule has 0 saturated carbocycles. The lowest BCUT2D eigenvalue weighted by Gasteiger charge is -2.18. The molecular weight excluding hydrogens is 267 g/mol. The fourth-order valence-electron chi connectivity index (χ4n) is 0.897. The molecule has 12 heavy (non-hydrogen) atoms. The Kier molecular flexibility index (Phi) is 3.21. The van der Waals surface area contributed by atoms with Crippen molar-refractivity contribution in [3.63, 3.8) is 0 Å². The van der Waals surface area contributed by atoms with Crippen molar-refractivity contribution in [2.45, 2.75) is 13.0 Å². The van der Waals surface area contributed by atoms with Crippen LogP contribution in [0.1, 0.15) is 18.5 Å². The second kappa shape index (κ2) is 3.99. The van der Waals surface area contributed by atoms with Gasteiger partial charge in [-0.2, -0.15) is 5.10 Å². The Morgan fingerprint density at radius 3 is 2.83 bits per heavy atom. The summed E-state index contributed by atoms with van der Waals surface area (Å²) in [7, 11) is 1.99. The summed E-state index contributed by atoms with van der Waals surface area (Å²) in [5, 5.41) is 7.47. The number of hydrogen-bond acceptors (Lipinski definition) is 4. The number of anilines is 1. The van der Waals surface area contributed by atoms with Crippen LogP contribution in [0.4, 0.5) is 5.82 Å². The third kappa shape index (κ3) is 2.04. The first kappa shape index (κ1) is 9.66. The summed E-state index contributed by atoms with van der Waals surface area (Å²) in [5.74, 6) is 0.508. The van der Waals surface area contributed by atoms with E-state index in [9.17, 15) is 0 Å². The zero-order valence-corrected chi connectivity index (χ0v) is 9.19. The lowest BCUT2D eigenvalue weighted by atomic mass is 10.1. The number of aromatic nitrogens is 2. The first-order valence-electron chi connectivity index (χ1n) is 3.58. The molecule has 0 aliphatic carbocycles. The smallest absolute Gasteiger partial charge is 0.150 e. The van der Waals surface area contributed by atoms with Crippen molar-refractivity contribution in [2.24, 2.45) is 0 Å². The van der Waals surface area contributed by atoms with E-state index in [-0.39, 0.29) is 6.04 Å². The van der Waals surface area contributed by atoms with E-state index in [0.717, 1.165) is 5.56 Å². The van der Waals surface area contributed by atoms with E-state index in [1.54, 1.807) is 6.20 Å². The van der Waals surface area contributed by atoms with E-state index in [4.69, 9.17) is 5.73 Å². The molecule has 1 unspecified atom stereocenters. The molecule has 1 aromatic rings. The molecule has 0 radical (unpaired) electrons. The predicted octanol–water partition coefficient (Wildman–Crippen LogP) is 1.40. The molecule has 0 fully saturated rings. The van der Waals surface area contributed by atoms with E-state index in [2.05, 4.69) is 40.0 Å². The van der Waals surface area contributed by atoms with Gasteiger partial charge >= 0.3 is 0 Å². The van der Waals surface area contributed by atoms with Gasteiger partial charge in [-0.15, -0.1) is 5.10 Å². The molecule has 0 aliphatic rings. The summed E-state index contributed by atoms with van der Waals surface area (Å²) in [6.45, 7) is 2.07. The molecule has 0 amide bonds. The molecule has 0 bridgehead atoms. The average molecular weight is 278 g/mol. The first-order chi connectivity index (χ1) is 5.63. The number of rotatable bonds is 2. The SMILES string of the molecule is CC(c1ccnnc1N)N(C)I. The van der Waals surface area contributed by atoms with Crippen LogP contribution in [0.2, 0.25) is 0 Å². The van der Waals surface area contributed by atoms with Gasteiger partial charge in [0, 0.05) is 34.5 Å². The highest BCUT2D eigenvalue weighted by Gasteiger charge is 2.12. The molecule has 1 aromatic heterocycles. The van der Waals surface area contributed by atoms with Crippen molar-refractivity contribution in [1.82, 2.24) is 13.3 Å². The molecule has 1 heterocycles. The first-order valence-corrected chi connectivity index (χ1v) is 4.55. The lowest BCUT2D eigenvalue weighted by molar-refractivity contribution is 0.489. The predicted molar refractivity (Wildman–Crippen MR) is 56.6 cm³/mol. The van der Waals surface area contributed by atoms with Crippen LogP contribution in [0.5, 0.6) is 0 Å². The highest BCUT2D eigenvalue weighted by Crippen LogP contribution is 2.23. The van der Waals surface area contributed by atoms with Crippen molar-refractivity contribution < 1.29 is 0 Å². The highest BCUT2D eigenvalue weighted by atomic mass is 127. The summed E-state index contributed by atoms with van der Waals surface area (Å²) in [5.41, 5.74) is 6.67. The molecule has 2 N–H and O–H groups in total. The van der Waals surface area contributed by atoms with Crippen molar-refractivity contribution >= 4 is 28.7 Å². The second-order valence-corrected chi connectivity index (χ2v) is 4.09. The zero-order valence-electron chi connectivity index (χ0n) is 7.03. The van der Waals surface area contributed by atoms with Crippen LogP contribution in [0, 0.1) is 0 Å². The van der Waals surface area contributed by atoms with E-state index in [1.165, 1.54) is 0 Å². The molecular formula is C7H11IN4. The van der Waals surface area contributed by atoms with Crippen molar-refractivity contribution in [3.05, 3.63) is 17.8 Å². The largest absolute Gasteiger partial charge is 0.382 e. The Hall–Kier alpha value is -0.430. The van der Waals surface area contributed by atoms with E-state index >= 15 is 0 Å². The zero-order chi connectivity index (χ0) is 9.14. The Morgan fingerprint density at radius 2 is 2.33 bits per heavy atom. The molecule has 5 heteroatoms. The van der Waals surface area contributed by atoms with E-state index in [0.29, 0.717) is 5.82 Å². The van der Waals surface area contributed by atoms with Gasteiger partial charge in [0.15, 0.2) is 5.82 Å². The molecule has 66 valence electrons. The fraction of sp³-hybridized carbons (Fsp3) is 0.429. The van der Waals surface area contributed by atoms with Gasteiger partial charge in [-0.3, -0.25) is 0 Å². The number of nitrogen functional groups attached to an aromatic ring is 1. The minimum Gasteiger partial charge on any atom is -0.382 e. The van der Waals surface area contributed by atoms with Crippen LogP contribution in [0.15, 0.2) is 12.3 Å². The van der Waals surface area contributed by atoms with Crippen molar-refractivity contribution in [2.75, 3.05) is 12.8 Å². The molecule has 1 atom stereocenters. The molecule has 0 saturated heterocycles. The van der Waals surface area contributed by atoms with Gasteiger partial charge in [-0.1, -0.05) is 0 Å². The minimum absolute atomic E-state index is 0.265. The highest BCUT2D eigenvalue weighted by molar-refractivity contribution is 14.1. The summed E-state index contributed by atoms with van der Waals surface area (Å²) in [4.78, 5) is 0. The lowest BCUT2D eigenvalue weighted by Crippen LogP contribution is -2.13. The molecule has 1 rings (SSSR count). The van der Waals surface area contributed by atoms with Crippen molar-refractivity contribution in [3.8, 4) is 0 Å². The Bertz CT molecular complexity index is 263. The van der Waals surface area contributed by atoms with Gasteiger partial charge in [0.1, 0.15) is 0 Å². The van der Waals surface area contributed by atoms with Crippen LogP contribution >= 0.6 is 22.9 Å². The molecule has 0 aliphatic heterocycles. The normalized spacial score (nSPS) is 13.3. The van der Waals surface area contributed by atoms with Gasteiger partial charge in [0.25, 0.3) is 0 Å². The molecule has 4 nitrogen and oxygen atoms in total. The summed E-state index contributed by atoms with van der Waals surface area (Å²) in [6.07, 6.45) is 1.66.